The number of rotatable bonds is 7. The van der Waals surface area contributed by atoms with Gasteiger partial charge in [0.25, 0.3) is 0 Å². The van der Waals surface area contributed by atoms with E-state index in [1.54, 1.807) is 0 Å². The van der Waals surface area contributed by atoms with Crippen molar-refractivity contribution < 1.29 is 4.79 Å². The van der Waals surface area contributed by atoms with E-state index in [4.69, 9.17) is 5.73 Å². The zero-order valence-corrected chi connectivity index (χ0v) is 13.9. The molecule has 2 aromatic carbocycles. The molecule has 0 heterocycles. The van der Waals surface area contributed by atoms with Crippen LogP contribution in [0.5, 0.6) is 0 Å². The number of carbonyl (C=O) groups excluding carboxylic acids is 1. The summed E-state index contributed by atoms with van der Waals surface area (Å²) in [5.74, 6) is 0.128. The van der Waals surface area contributed by atoms with E-state index < -0.39 is 0 Å². The molecule has 122 valence electrons. The predicted octanol–water partition coefficient (Wildman–Crippen LogP) is 3.14. The second kappa shape index (κ2) is 8.34. The van der Waals surface area contributed by atoms with Crippen LogP contribution in [0.15, 0.2) is 54.6 Å². The molecule has 0 fully saturated rings. The Morgan fingerprint density at radius 2 is 1.65 bits per heavy atom. The minimum absolute atomic E-state index is 0.128. The molecule has 0 bridgehead atoms. The van der Waals surface area contributed by atoms with Gasteiger partial charge in [-0.2, -0.15) is 0 Å². The van der Waals surface area contributed by atoms with Gasteiger partial charge >= 0.3 is 0 Å². The Labute approximate surface area is 138 Å². The molecule has 4 heteroatoms. The molecule has 2 rings (SSSR count). The standard InChI is InChI=1S/C19H25N3O/c1-3-19(23)22(18-11-9-17(20)10-12-18)14-13-21(2)15-16-7-5-4-6-8-16/h4-12H,3,13-15,20H2,1-2H3. The van der Waals surface area contributed by atoms with E-state index in [-0.39, 0.29) is 5.91 Å². The third kappa shape index (κ3) is 5.11. The van der Waals surface area contributed by atoms with Crippen molar-refractivity contribution in [2.24, 2.45) is 0 Å². The van der Waals surface area contributed by atoms with E-state index in [1.807, 2.05) is 54.3 Å². The number of nitrogens with two attached hydrogens (primary N) is 1. The van der Waals surface area contributed by atoms with E-state index in [0.29, 0.717) is 18.7 Å². The lowest BCUT2D eigenvalue weighted by molar-refractivity contribution is -0.118. The maximum atomic E-state index is 12.2. The van der Waals surface area contributed by atoms with Crippen LogP contribution in [-0.2, 0) is 11.3 Å². The van der Waals surface area contributed by atoms with Crippen molar-refractivity contribution in [2.75, 3.05) is 30.8 Å². The van der Waals surface area contributed by atoms with Crippen LogP contribution in [0, 0.1) is 0 Å². The summed E-state index contributed by atoms with van der Waals surface area (Å²) in [5, 5.41) is 0. The average molecular weight is 311 g/mol. The topological polar surface area (TPSA) is 49.6 Å². The minimum atomic E-state index is 0.128. The first kappa shape index (κ1) is 17.0. The van der Waals surface area contributed by atoms with Gasteiger partial charge in [0.15, 0.2) is 0 Å². The summed E-state index contributed by atoms with van der Waals surface area (Å²) in [5.41, 5.74) is 8.62. The van der Waals surface area contributed by atoms with Crippen molar-refractivity contribution in [3.05, 3.63) is 60.2 Å². The Balaban J connectivity index is 1.98. The monoisotopic (exact) mass is 311 g/mol. The lowest BCUT2D eigenvalue weighted by Gasteiger charge is -2.26. The van der Waals surface area contributed by atoms with Gasteiger partial charge in [-0.05, 0) is 36.9 Å². The highest BCUT2D eigenvalue weighted by Crippen LogP contribution is 2.17. The largest absolute Gasteiger partial charge is 0.399 e. The van der Waals surface area contributed by atoms with Crippen molar-refractivity contribution in [2.45, 2.75) is 19.9 Å². The normalized spacial score (nSPS) is 10.7. The van der Waals surface area contributed by atoms with Crippen LogP contribution < -0.4 is 10.6 Å². The minimum Gasteiger partial charge on any atom is -0.399 e. The molecule has 0 aliphatic rings. The molecule has 1 amide bonds. The zero-order valence-electron chi connectivity index (χ0n) is 13.9. The van der Waals surface area contributed by atoms with E-state index in [2.05, 4.69) is 24.1 Å². The van der Waals surface area contributed by atoms with Crippen LogP contribution in [0.25, 0.3) is 0 Å². The molecule has 0 saturated heterocycles. The Morgan fingerprint density at radius 3 is 2.26 bits per heavy atom. The molecule has 2 N–H and O–H groups in total. The fraction of sp³-hybridized carbons (Fsp3) is 0.316. The van der Waals surface area contributed by atoms with Crippen molar-refractivity contribution in [3.8, 4) is 0 Å². The van der Waals surface area contributed by atoms with Gasteiger partial charge in [-0.15, -0.1) is 0 Å². The molecular weight excluding hydrogens is 286 g/mol. The van der Waals surface area contributed by atoms with Crippen molar-refractivity contribution in [1.82, 2.24) is 4.90 Å². The molecule has 0 radical (unpaired) electrons. The second-order valence-electron chi connectivity index (χ2n) is 5.71. The molecule has 0 saturated carbocycles. The number of nitrogens with zero attached hydrogens (tertiary/aromatic N) is 2. The third-order valence-electron chi connectivity index (χ3n) is 3.81. The Hall–Kier alpha value is -2.33. The summed E-state index contributed by atoms with van der Waals surface area (Å²) >= 11 is 0. The van der Waals surface area contributed by atoms with Gasteiger partial charge in [-0.1, -0.05) is 37.3 Å². The van der Waals surface area contributed by atoms with Gasteiger partial charge in [0, 0.05) is 37.4 Å². The highest BCUT2D eigenvalue weighted by molar-refractivity contribution is 5.93. The van der Waals surface area contributed by atoms with Crippen molar-refractivity contribution >= 4 is 17.3 Å². The number of likely N-dealkylation sites (N-methyl/N-ethyl adjacent to an activating group) is 1. The van der Waals surface area contributed by atoms with Gasteiger partial charge in [0.05, 0.1) is 0 Å². The summed E-state index contributed by atoms with van der Waals surface area (Å²) in [6, 6.07) is 17.8. The third-order valence-corrected chi connectivity index (χ3v) is 3.81. The Morgan fingerprint density at radius 1 is 1.00 bits per heavy atom. The lowest BCUT2D eigenvalue weighted by Crippen LogP contribution is -2.37. The molecule has 0 atom stereocenters. The van der Waals surface area contributed by atoms with E-state index in [9.17, 15) is 4.79 Å². The first-order valence-corrected chi connectivity index (χ1v) is 7.98. The van der Waals surface area contributed by atoms with Gasteiger partial charge in [0.2, 0.25) is 5.91 Å². The Kier molecular flexibility index (Phi) is 6.18. The molecule has 0 aromatic heterocycles. The maximum absolute atomic E-state index is 12.2. The zero-order chi connectivity index (χ0) is 16.7. The molecule has 0 spiro atoms. The van der Waals surface area contributed by atoms with Gasteiger partial charge in [-0.3, -0.25) is 4.79 Å². The van der Waals surface area contributed by atoms with E-state index in [1.165, 1.54) is 5.56 Å². The molecule has 23 heavy (non-hydrogen) atoms. The van der Waals surface area contributed by atoms with Crippen LogP contribution >= 0.6 is 0 Å². The first-order valence-electron chi connectivity index (χ1n) is 7.98. The number of carbonyl (C=O) groups is 1. The summed E-state index contributed by atoms with van der Waals surface area (Å²) in [4.78, 5) is 16.3. The molecular formula is C19H25N3O. The maximum Gasteiger partial charge on any atom is 0.226 e. The fourth-order valence-electron chi connectivity index (χ4n) is 2.49. The van der Waals surface area contributed by atoms with Crippen molar-refractivity contribution in [3.63, 3.8) is 0 Å². The highest BCUT2D eigenvalue weighted by atomic mass is 16.2. The number of nitrogen functional groups attached to an aromatic ring is 1. The molecule has 0 unspecified atom stereocenters. The molecule has 0 aliphatic heterocycles. The van der Waals surface area contributed by atoms with Crippen LogP contribution in [0.3, 0.4) is 0 Å². The van der Waals surface area contributed by atoms with Crippen LogP contribution in [-0.4, -0.2) is 30.9 Å². The summed E-state index contributed by atoms with van der Waals surface area (Å²) in [6.07, 6.45) is 0.493. The fourth-order valence-corrected chi connectivity index (χ4v) is 2.49. The van der Waals surface area contributed by atoms with Gasteiger partial charge in [-0.25, -0.2) is 0 Å². The molecule has 0 aliphatic carbocycles. The predicted molar refractivity (Wildman–Crippen MR) is 96.3 cm³/mol. The van der Waals surface area contributed by atoms with Gasteiger partial charge in [0.1, 0.15) is 0 Å². The van der Waals surface area contributed by atoms with Crippen LogP contribution in [0.4, 0.5) is 11.4 Å². The number of anilines is 2. The summed E-state index contributed by atoms with van der Waals surface area (Å²) < 4.78 is 0. The van der Waals surface area contributed by atoms with Crippen molar-refractivity contribution in [1.29, 1.82) is 0 Å². The Bertz CT molecular complexity index is 610. The molecule has 2 aromatic rings. The SMILES string of the molecule is CCC(=O)N(CCN(C)Cc1ccccc1)c1ccc(N)cc1. The molecule has 4 nitrogen and oxygen atoms in total. The first-order chi connectivity index (χ1) is 11.1. The lowest BCUT2D eigenvalue weighted by atomic mass is 10.2. The second-order valence-corrected chi connectivity index (χ2v) is 5.71. The average Bonchev–Trinajstić information content (AvgIpc) is 2.57. The van der Waals surface area contributed by atoms with Gasteiger partial charge < -0.3 is 15.5 Å². The number of hydrogen-bond acceptors (Lipinski definition) is 3. The van der Waals surface area contributed by atoms with Crippen LogP contribution in [0.1, 0.15) is 18.9 Å². The van der Waals surface area contributed by atoms with Crippen LogP contribution in [0.2, 0.25) is 0 Å². The van der Waals surface area contributed by atoms with E-state index in [0.717, 1.165) is 18.8 Å². The smallest absolute Gasteiger partial charge is 0.226 e. The number of amides is 1. The quantitative estimate of drug-likeness (QED) is 0.799. The number of hydrogen-bond donors (Lipinski definition) is 1. The highest BCUT2D eigenvalue weighted by Gasteiger charge is 2.14. The van der Waals surface area contributed by atoms with E-state index >= 15 is 0 Å². The summed E-state index contributed by atoms with van der Waals surface area (Å²) in [7, 11) is 2.07. The number of benzene rings is 2. The summed E-state index contributed by atoms with van der Waals surface area (Å²) in [6.45, 7) is 4.24.